The summed E-state index contributed by atoms with van der Waals surface area (Å²) in [6, 6.07) is 95.9. The highest BCUT2D eigenvalue weighted by Gasteiger charge is 2.24. The maximum Gasteiger partial charge on any atom is 0.0434 e. The van der Waals surface area contributed by atoms with Gasteiger partial charge in [-0.05, 0) is 151 Å². The molecule has 0 atom stereocenters. The summed E-state index contributed by atoms with van der Waals surface area (Å²) in [5.41, 5.74) is 12.5. The lowest BCUT2D eigenvalue weighted by Gasteiger charge is -2.21. The van der Waals surface area contributed by atoms with Crippen molar-refractivity contribution < 1.29 is 0 Å². The first-order valence-corrected chi connectivity index (χ1v) is 27.1. The van der Waals surface area contributed by atoms with Gasteiger partial charge in [0.1, 0.15) is 0 Å². The van der Waals surface area contributed by atoms with Crippen LogP contribution in [0.15, 0.2) is 255 Å². The molecule has 14 aromatic carbocycles. The van der Waals surface area contributed by atoms with E-state index >= 15 is 0 Å². The molecule has 2 aromatic heterocycles. The average Bonchev–Trinajstić information content (AvgIpc) is 4.05. The van der Waals surface area contributed by atoms with Crippen molar-refractivity contribution in [1.82, 2.24) is 0 Å². The maximum atomic E-state index is 2.51. The quantitative estimate of drug-likeness (QED) is 0.151. The fourth-order valence-corrected chi connectivity index (χ4v) is 15.0. The lowest BCUT2D eigenvalue weighted by molar-refractivity contribution is 1.66. The molecule has 16 rings (SSSR count). The van der Waals surface area contributed by atoms with Gasteiger partial charge in [0.15, 0.2) is 0 Å². The second-order valence-electron chi connectivity index (χ2n) is 19.8. The zero-order valence-corrected chi connectivity index (χ0v) is 41.7. The fraction of sp³-hybridized carbons (Fsp3) is 0. The minimum atomic E-state index is 1.19. The third-order valence-electron chi connectivity index (χ3n) is 15.8. The highest BCUT2D eigenvalue weighted by Crippen LogP contribution is 2.52. The molecule has 0 amide bonds. The molecule has 0 N–H and O–H groups in total. The molecule has 0 spiro atoms. The number of rotatable bonds is 5. The molecule has 0 aliphatic heterocycles. The second-order valence-corrected chi connectivity index (χ2v) is 21.9. The Labute approximate surface area is 435 Å². The van der Waals surface area contributed by atoms with Crippen LogP contribution in [0.1, 0.15) is 0 Å². The van der Waals surface area contributed by atoms with Crippen molar-refractivity contribution >= 4 is 128 Å². The predicted octanol–water partition coefficient (Wildman–Crippen LogP) is 21.7. The number of thiophene rings is 2. The summed E-state index contributed by atoms with van der Waals surface area (Å²) in [5.74, 6) is 0. The van der Waals surface area contributed by atoms with E-state index in [1.54, 1.807) is 0 Å². The van der Waals surface area contributed by atoms with Crippen LogP contribution in [-0.4, -0.2) is 0 Å². The molecule has 2 heteroatoms. The van der Waals surface area contributed by atoms with Crippen LogP contribution >= 0.6 is 22.7 Å². The summed E-state index contributed by atoms with van der Waals surface area (Å²) < 4.78 is 5.25. The molecule has 0 aliphatic rings. The van der Waals surface area contributed by atoms with Gasteiger partial charge in [0, 0.05) is 45.9 Å². The largest absolute Gasteiger partial charge is 0.135 e. The standard InChI is InChI=1S/C72H42S2/c1-2-18-45-40-48(35-34-43(45)16-1)67-52-22-5-6-23-53(52)70(61-30-14-28-58-50-21-9-11-31-64(50)74-72(58)61)62-41-46(36-38-56(62)67)47-37-39-57-63(42-47)69(60-29-15-33-66-71(60)59-26-10-12-32-65(59)73-66)55-25-8-7-24-54(55)68(57)51-27-13-19-44-17-3-4-20-49(44)51/h1-42H. The van der Waals surface area contributed by atoms with E-state index in [2.05, 4.69) is 255 Å². The van der Waals surface area contributed by atoms with Crippen LogP contribution in [-0.2, 0) is 0 Å². The summed E-state index contributed by atoms with van der Waals surface area (Å²) in [5, 5.41) is 20.3. The lowest BCUT2D eigenvalue weighted by Crippen LogP contribution is -1.94. The molecule has 0 nitrogen and oxygen atoms in total. The molecule has 0 radical (unpaired) electrons. The summed E-state index contributed by atoms with van der Waals surface area (Å²) in [7, 11) is 0. The molecule has 2 heterocycles. The van der Waals surface area contributed by atoms with Gasteiger partial charge >= 0.3 is 0 Å². The summed E-state index contributed by atoms with van der Waals surface area (Å²) in [4.78, 5) is 0. The normalized spacial score (nSPS) is 12.1. The van der Waals surface area contributed by atoms with E-state index in [9.17, 15) is 0 Å². The molecule has 0 saturated carbocycles. The van der Waals surface area contributed by atoms with Gasteiger partial charge < -0.3 is 0 Å². The minimum Gasteiger partial charge on any atom is -0.135 e. The van der Waals surface area contributed by atoms with Crippen LogP contribution in [0.2, 0.25) is 0 Å². The van der Waals surface area contributed by atoms with Gasteiger partial charge in [-0.3, -0.25) is 0 Å². The molecule has 16 aromatic rings. The zero-order valence-electron chi connectivity index (χ0n) is 40.1. The van der Waals surface area contributed by atoms with Crippen molar-refractivity contribution in [2.45, 2.75) is 0 Å². The molecular weight excluding hydrogens is 929 g/mol. The van der Waals surface area contributed by atoms with Gasteiger partial charge in [0.05, 0.1) is 0 Å². The van der Waals surface area contributed by atoms with Crippen LogP contribution in [0.3, 0.4) is 0 Å². The number of fused-ring (bicyclic) bond motifs is 12. The molecule has 0 aliphatic carbocycles. The topological polar surface area (TPSA) is 0 Å². The Bertz CT molecular complexity index is 5020. The number of hydrogen-bond donors (Lipinski definition) is 0. The van der Waals surface area contributed by atoms with Crippen LogP contribution in [0.25, 0.3) is 161 Å². The van der Waals surface area contributed by atoms with Crippen molar-refractivity contribution in [2.24, 2.45) is 0 Å². The van der Waals surface area contributed by atoms with E-state index in [4.69, 9.17) is 0 Å². The van der Waals surface area contributed by atoms with E-state index in [1.165, 1.54) is 161 Å². The molecular formula is C72H42S2. The monoisotopic (exact) mass is 970 g/mol. The summed E-state index contributed by atoms with van der Waals surface area (Å²) in [6.07, 6.45) is 0. The van der Waals surface area contributed by atoms with Crippen molar-refractivity contribution in [1.29, 1.82) is 0 Å². The average molecular weight is 971 g/mol. The van der Waals surface area contributed by atoms with Gasteiger partial charge in [0.25, 0.3) is 0 Å². The second kappa shape index (κ2) is 16.3. The number of benzene rings is 14. The predicted molar refractivity (Wildman–Crippen MR) is 324 cm³/mol. The zero-order chi connectivity index (χ0) is 48.4. The van der Waals surface area contributed by atoms with Gasteiger partial charge in [0.2, 0.25) is 0 Å². The van der Waals surface area contributed by atoms with Gasteiger partial charge in [-0.25, -0.2) is 0 Å². The Morgan fingerprint density at radius 1 is 0.203 bits per heavy atom. The van der Waals surface area contributed by atoms with Crippen molar-refractivity contribution in [3.05, 3.63) is 255 Å². The van der Waals surface area contributed by atoms with E-state index in [0.29, 0.717) is 0 Å². The van der Waals surface area contributed by atoms with Crippen LogP contribution in [0.5, 0.6) is 0 Å². The highest BCUT2D eigenvalue weighted by atomic mass is 32.1. The maximum absolute atomic E-state index is 2.51. The van der Waals surface area contributed by atoms with Crippen molar-refractivity contribution in [3.8, 4) is 55.6 Å². The van der Waals surface area contributed by atoms with Gasteiger partial charge in [-0.15, -0.1) is 22.7 Å². The summed E-state index contributed by atoms with van der Waals surface area (Å²) in [6.45, 7) is 0. The van der Waals surface area contributed by atoms with E-state index < -0.39 is 0 Å². The SMILES string of the molecule is c1ccc2cc(-c3c4ccccc4c(-c4cccc5c4sc4ccccc45)c4cc(-c5ccc6c(-c7cccc8ccccc78)c7ccccc7c(-c7cccc8sc9ccccc9c78)c6c5)ccc34)ccc2c1. The molecule has 0 saturated heterocycles. The highest BCUT2D eigenvalue weighted by molar-refractivity contribution is 7.26. The minimum absolute atomic E-state index is 1.19. The molecule has 0 fully saturated rings. The lowest BCUT2D eigenvalue weighted by atomic mass is 9.82. The van der Waals surface area contributed by atoms with Crippen molar-refractivity contribution in [3.63, 3.8) is 0 Å². The molecule has 0 bridgehead atoms. The molecule has 74 heavy (non-hydrogen) atoms. The van der Waals surface area contributed by atoms with E-state index in [1.807, 2.05) is 22.7 Å². The third kappa shape index (κ3) is 6.20. The number of hydrogen-bond acceptors (Lipinski definition) is 2. The summed E-state index contributed by atoms with van der Waals surface area (Å²) >= 11 is 3.79. The molecule has 0 unspecified atom stereocenters. The van der Waals surface area contributed by atoms with Crippen LogP contribution < -0.4 is 0 Å². The first-order valence-electron chi connectivity index (χ1n) is 25.5. The first-order chi connectivity index (χ1) is 36.7. The Morgan fingerprint density at radius 2 is 0.649 bits per heavy atom. The Hall–Kier alpha value is -8.92. The molecule has 342 valence electrons. The Kier molecular flexibility index (Phi) is 9.18. The van der Waals surface area contributed by atoms with E-state index in [0.717, 1.165) is 0 Å². The fourth-order valence-electron chi connectivity index (χ4n) is 12.6. The Balaban J connectivity index is 1.03. The van der Waals surface area contributed by atoms with Crippen LogP contribution in [0.4, 0.5) is 0 Å². The first kappa shape index (κ1) is 41.7. The van der Waals surface area contributed by atoms with Crippen LogP contribution in [0, 0.1) is 0 Å². The van der Waals surface area contributed by atoms with Crippen molar-refractivity contribution in [2.75, 3.05) is 0 Å². The smallest absolute Gasteiger partial charge is 0.0434 e. The van der Waals surface area contributed by atoms with Gasteiger partial charge in [-0.2, -0.15) is 0 Å². The Morgan fingerprint density at radius 3 is 1.38 bits per heavy atom. The van der Waals surface area contributed by atoms with E-state index in [-0.39, 0.29) is 0 Å². The van der Waals surface area contributed by atoms with Gasteiger partial charge in [-0.1, -0.05) is 218 Å². The third-order valence-corrected chi connectivity index (χ3v) is 18.2.